The number of hydrogen-bond donors (Lipinski definition) is 0. The van der Waals surface area contributed by atoms with Gasteiger partial charge in [-0.15, -0.1) is 0 Å². The van der Waals surface area contributed by atoms with E-state index >= 15 is 0 Å². The molecule has 1 heterocycles. The van der Waals surface area contributed by atoms with Gasteiger partial charge in [-0.2, -0.15) is 10.1 Å². The molecule has 3 rings (SSSR count). The molecule has 0 aliphatic heterocycles. The van der Waals surface area contributed by atoms with Gasteiger partial charge in [0.05, 0.1) is 6.21 Å². The molecule has 0 bridgehead atoms. The van der Waals surface area contributed by atoms with Crippen LogP contribution in [0.1, 0.15) is 5.56 Å². The van der Waals surface area contributed by atoms with Gasteiger partial charge >= 0.3 is 0 Å². The molecular weight excluding hydrogens is 344 g/mol. The fourth-order valence-electron chi connectivity index (χ4n) is 1.80. The van der Waals surface area contributed by atoms with Crippen LogP contribution >= 0.6 is 15.9 Å². The first-order valence-corrected chi connectivity index (χ1v) is 7.44. The van der Waals surface area contributed by atoms with E-state index in [0.29, 0.717) is 11.8 Å². The van der Waals surface area contributed by atoms with Gasteiger partial charge in [0.2, 0.25) is 0 Å². The Balaban J connectivity index is 1.74. The van der Waals surface area contributed by atoms with Crippen LogP contribution in [-0.2, 0) is 0 Å². The summed E-state index contributed by atoms with van der Waals surface area (Å²) in [6, 6.07) is 17.5. The van der Waals surface area contributed by atoms with Gasteiger partial charge in [0.25, 0.3) is 11.8 Å². The zero-order chi connectivity index (χ0) is 15.4. The molecule has 3 aromatic rings. The highest BCUT2D eigenvalue weighted by molar-refractivity contribution is 9.10. The van der Waals surface area contributed by atoms with Crippen LogP contribution in [-0.4, -0.2) is 23.4 Å². The smallest absolute Gasteiger partial charge is 0.286 e. The number of aromatic nitrogens is 2. The second-order valence-corrected chi connectivity index (χ2v) is 5.50. The zero-order valence-electron chi connectivity index (χ0n) is 11.8. The average Bonchev–Trinajstić information content (AvgIpc) is 3.05. The van der Waals surface area contributed by atoms with Crippen LogP contribution in [0.4, 0.5) is 5.95 Å². The molecule has 0 saturated heterocycles. The average molecular weight is 357 g/mol. The van der Waals surface area contributed by atoms with Gasteiger partial charge in [0.15, 0.2) is 0 Å². The molecule has 6 heteroatoms. The van der Waals surface area contributed by atoms with Crippen LogP contribution in [0.15, 0.2) is 68.7 Å². The summed E-state index contributed by atoms with van der Waals surface area (Å²) in [4.78, 5) is 4.33. The van der Waals surface area contributed by atoms with Crippen molar-refractivity contribution in [2.75, 3.05) is 12.1 Å². The number of hydrazone groups is 1. The van der Waals surface area contributed by atoms with Gasteiger partial charge in [-0.25, -0.2) is 5.01 Å². The van der Waals surface area contributed by atoms with Gasteiger partial charge in [0.1, 0.15) is 0 Å². The van der Waals surface area contributed by atoms with Crippen molar-refractivity contribution in [2.45, 2.75) is 0 Å². The minimum absolute atomic E-state index is 0.409. The van der Waals surface area contributed by atoms with E-state index in [4.69, 9.17) is 4.52 Å². The Bertz CT molecular complexity index is 768. The monoisotopic (exact) mass is 356 g/mol. The first-order valence-electron chi connectivity index (χ1n) is 6.65. The Morgan fingerprint density at radius 3 is 2.55 bits per heavy atom. The molecule has 22 heavy (non-hydrogen) atoms. The normalized spacial score (nSPS) is 11.0. The Kier molecular flexibility index (Phi) is 4.29. The molecule has 0 amide bonds. The van der Waals surface area contributed by atoms with Gasteiger partial charge < -0.3 is 4.52 Å². The van der Waals surface area contributed by atoms with Gasteiger partial charge in [-0.1, -0.05) is 46.3 Å². The summed E-state index contributed by atoms with van der Waals surface area (Å²) < 4.78 is 6.29. The number of nitrogens with zero attached hydrogens (tertiary/aromatic N) is 4. The van der Waals surface area contributed by atoms with Crippen molar-refractivity contribution in [1.82, 2.24) is 10.1 Å². The van der Waals surface area contributed by atoms with E-state index in [2.05, 4.69) is 31.2 Å². The maximum Gasteiger partial charge on any atom is 0.286 e. The maximum atomic E-state index is 5.26. The van der Waals surface area contributed by atoms with E-state index in [1.54, 1.807) is 18.3 Å². The second kappa shape index (κ2) is 6.53. The summed E-state index contributed by atoms with van der Waals surface area (Å²) in [7, 11) is 1.77. The Morgan fingerprint density at radius 2 is 1.82 bits per heavy atom. The summed E-state index contributed by atoms with van der Waals surface area (Å²) in [5.74, 6) is 0.883. The molecular formula is C16H13BrN4O. The lowest BCUT2D eigenvalue weighted by molar-refractivity contribution is 0.430. The van der Waals surface area contributed by atoms with Crippen LogP contribution < -0.4 is 5.01 Å². The summed E-state index contributed by atoms with van der Waals surface area (Å²) in [5, 5.41) is 9.81. The lowest BCUT2D eigenvalue weighted by Crippen LogP contribution is -2.10. The molecule has 0 spiro atoms. The molecule has 0 N–H and O–H groups in total. The van der Waals surface area contributed by atoms with Crippen molar-refractivity contribution < 1.29 is 4.52 Å². The van der Waals surface area contributed by atoms with Crippen LogP contribution in [0.25, 0.3) is 11.5 Å². The van der Waals surface area contributed by atoms with E-state index in [1.165, 1.54) is 0 Å². The first kappa shape index (κ1) is 14.5. The number of rotatable bonds is 4. The number of hydrogen-bond acceptors (Lipinski definition) is 5. The fourth-order valence-corrected chi connectivity index (χ4v) is 2.06. The zero-order valence-corrected chi connectivity index (χ0v) is 13.4. The van der Waals surface area contributed by atoms with E-state index in [0.717, 1.165) is 15.6 Å². The molecule has 0 atom stereocenters. The second-order valence-electron chi connectivity index (χ2n) is 4.59. The Morgan fingerprint density at radius 1 is 1.09 bits per heavy atom. The summed E-state index contributed by atoms with van der Waals surface area (Å²) in [6.07, 6.45) is 1.74. The Labute approximate surface area is 136 Å². The lowest BCUT2D eigenvalue weighted by Gasteiger charge is -2.05. The van der Waals surface area contributed by atoms with Crippen LogP contribution in [0.2, 0.25) is 0 Å². The standard InChI is InChI=1S/C16H13BrN4O/c1-21(18-11-12-7-9-14(17)10-8-12)16-19-15(22-20-16)13-5-3-2-4-6-13/h2-11H,1H3/b18-11+. The minimum Gasteiger partial charge on any atom is -0.332 e. The van der Waals surface area contributed by atoms with E-state index in [9.17, 15) is 0 Å². The molecule has 5 nitrogen and oxygen atoms in total. The highest BCUT2D eigenvalue weighted by Crippen LogP contribution is 2.19. The number of benzene rings is 2. The highest BCUT2D eigenvalue weighted by atomic mass is 79.9. The molecule has 0 saturated carbocycles. The SMILES string of the molecule is CN(/N=C/c1ccc(Br)cc1)c1noc(-c2ccccc2)n1. The highest BCUT2D eigenvalue weighted by Gasteiger charge is 2.10. The third-order valence-corrected chi connectivity index (χ3v) is 3.50. The molecule has 0 aliphatic rings. The van der Waals surface area contributed by atoms with Gasteiger partial charge in [0, 0.05) is 17.1 Å². The van der Waals surface area contributed by atoms with E-state index in [1.807, 2.05) is 54.6 Å². The van der Waals surface area contributed by atoms with Crippen molar-refractivity contribution in [3.63, 3.8) is 0 Å². The molecule has 0 fully saturated rings. The molecule has 0 radical (unpaired) electrons. The molecule has 0 unspecified atom stereocenters. The first-order chi connectivity index (χ1) is 10.7. The predicted molar refractivity (Wildman–Crippen MR) is 89.9 cm³/mol. The topological polar surface area (TPSA) is 54.5 Å². The molecule has 1 aromatic heterocycles. The molecule has 0 aliphatic carbocycles. The van der Waals surface area contributed by atoms with Crippen molar-refractivity contribution in [3.8, 4) is 11.5 Å². The van der Waals surface area contributed by atoms with E-state index < -0.39 is 0 Å². The molecule has 110 valence electrons. The summed E-state index contributed by atoms with van der Waals surface area (Å²) in [5.41, 5.74) is 1.87. The van der Waals surface area contributed by atoms with E-state index in [-0.39, 0.29) is 0 Å². The lowest BCUT2D eigenvalue weighted by atomic mass is 10.2. The number of anilines is 1. The quantitative estimate of drug-likeness (QED) is 0.524. The van der Waals surface area contributed by atoms with Crippen LogP contribution in [0.3, 0.4) is 0 Å². The van der Waals surface area contributed by atoms with Crippen molar-refractivity contribution >= 4 is 28.1 Å². The fraction of sp³-hybridized carbons (Fsp3) is 0.0625. The summed E-state index contributed by atoms with van der Waals surface area (Å²) >= 11 is 3.40. The van der Waals surface area contributed by atoms with Crippen molar-refractivity contribution in [3.05, 3.63) is 64.6 Å². The molecule has 2 aromatic carbocycles. The van der Waals surface area contributed by atoms with Crippen molar-refractivity contribution in [2.24, 2.45) is 5.10 Å². The van der Waals surface area contributed by atoms with Crippen molar-refractivity contribution in [1.29, 1.82) is 0 Å². The number of halogens is 1. The predicted octanol–water partition coefficient (Wildman–Crippen LogP) is 3.97. The third kappa shape index (κ3) is 3.40. The minimum atomic E-state index is 0.409. The van der Waals surface area contributed by atoms with Crippen LogP contribution in [0, 0.1) is 0 Å². The third-order valence-electron chi connectivity index (χ3n) is 2.98. The summed E-state index contributed by atoms with van der Waals surface area (Å²) in [6.45, 7) is 0. The Hall–Kier alpha value is -2.47. The van der Waals surface area contributed by atoms with Crippen LogP contribution in [0.5, 0.6) is 0 Å². The van der Waals surface area contributed by atoms with Gasteiger partial charge in [-0.05, 0) is 35.0 Å². The largest absolute Gasteiger partial charge is 0.332 e. The van der Waals surface area contributed by atoms with Gasteiger partial charge in [-0.3, -0.25) is 0 Å². The maximum absolute atomic E-state index is 5.26.